The highest BCUT2D eigenvalue weighted by molar-refractivity contribution is 5.78. The highest BCUT2D eigenvalue weighted by Gasteiger charge is 2.50. The normalized spacial score (nSPS) is 33.1. The number of nitrogens with one attached hydrogen (secondary N) is 1. The van der Waals surface area contributed by atoms with Crippen LogP contribution in [0.15, 0.2) is 0 Å². The van der Waals surface area contributed by atoms with Crippen LogP contribution in [0.2, 0.25) is 0 Å². The van der Waals surface area contributed by atoms with Crippen LogP contribution in [0.3, 0.4) is 0 Å². The number of hydrogen-bond donors (Lipinski definition) is 1. The average molecular weight is 226 g/mol. The van der Waals surface area contributed by atoms with Gasteiger partial charge in [0.15, 0.2) is 0 Å². The summed E-state index contributed by atoms with van der Waals surface area (Å²) in [5, 5.41) is 2.93. The van der Waals surface area contributed by atoms with E-state index in [0.29, 0.717) is 12.5 Å². The van der Waals surface area contributed by atoms with Crippen molar-refractivity contribution in [2.24, 2.45) is 11.3 Å². The summed E-state index contributed by atoms with van der Waals surface area (Å²) in [4.78, 5) is 13.9. The number of ether oxygens (including phenoxy) is 1. The van der Waals surface area contributed by atoms with Crippen LogP contribution in [0.4, 0.5) is 0 Å². The van der Waals surface area contributed by atoms with Crippen molar-refractivity contribution >= 4 is 5.91 Å². The van der Waals surface area contributed by atoms with E-state index in [0.717, 1.165) is 19.7 Å². The molecule has 1 heterocycles. The standard InChI is InChI=1S/C12H22N2O2/c1-13-6-11(15)14-7-10-4-3-5-12(10,8-14)9-16-2/h10,13H,3-9H2,1-2H3/t10-,12+/m0/s1. The third-order valence-corrected chi connectivity index (χ3v) is 4.15. The first kappa shape index (κ1) is 11.9. The molecule has 1 saturated heterocycles. The van der Waals surface area contributed by atoms with Gasteiger partial charge in [0, 0.05) is 25.6 Å². The summed E-state index contributed by atoms with van der Waals surface area (Å²) in [6.45, 7) is 3.09. The SMILES string of the molecule is CNCC(=O)N1C[C@@H]2CCC[C@]2(COC)C1. The first-order valence-electron chi connectivity index (χ1n) is 6.13. The number of likely N-dealkylation sites (N-methyl/N-ethyl adjacent to an activating group) is 1. The van der Waals surface area contributed by atoms with Crippen LogP contribution >= 0.6 is 0 Å². The number of rotatable bonds is 4. The van der Waals surface area contributed by atoms with Crippen LogP contribution in [-0.2, 0) is 9.53 Å². The van der Waals surface area contributed by atoms with Gasteiger partial charge >= 0.3 is 0 Å². The van der Waals surface area contributed by atoms with Crippen LogP contribution < -0.4 is 5.32 Å². The Hall–Kier alpha value is -0.610. The zero-order valence-corrected chi connectivity index (χ0v) is 10.3. The second kappa shape index (κ2) is 4.72. The van der Waals surface area contributed by atoms with Crippen molar-refractivity contribution in [3.63, 3.8) is 0 Å². The molecule has 1 N–H and O–H groups in total. The van der Waals surface area contributed by atoms with E-state index >= 15 is 0 Å². The zero-order valence-electron chi connectivity index (χ0n) is 10.3. The number of methoxy groups -OCH3 is 1. The van der Waals surface area contributed by atoms with Gasteiger partial charge in [0.25, 0.3) is 0 Å². The van der Waals surface area contributed by atoms with Gasteiger partial charge in [0.2, 0.25) is 5.91 Å². The summed E-state index contributed by atoms with van der Waals surface area (Å²) in [5.41, 5.74) is 0.262. The molecule has 2 atom stereocenters. The van der Waals surface area contributed by atoms with E-state index in [2.05, 4.69) is 5.32 Å². The van der Waals surface area contributed by atoms with Crippen molar-refractivity contribution in [3.8, 4) is 0 Å². The Morgan fingerprint density at radius 3 is 3.12 bits per heavy atom. The minimum absolute atomic E-state index is 0.229. The average Bonchev–Trinajstić information content (AvgIpc) is 2.74. The van der Waals surface area contributed by atoms with Gasteiger partial charge in [-0.25, -0.2) is 0 Å². The van der Waals surface area contributed by atoms with E-state index < -0.39 is 0 Å². The molecule has 2 aliphatic rings. The molecule has 0 aromatic rings. The van der Waals surface area contributed by atoms with E-state index in [1.54, 1.807) is 7.11 Å². The van der Waals surface area contributed by atoms with Gasteiger partial charge in [-0.2, -0.15) is 0 Å². The molecule has 0 bridgehead atoms. The molecular weight excluding hydrogens is 204 g/mol. The molecule has 1 aliphatic heterocycles. The molecule has 2 rings (SSSR count). The number of carbonyl (C=O) groups is 1. The molecule has 1 aliphatic carbocycles. The molecule has 1 saturated carbocycles. The van der Waals surface area contributed by atoms with Crippen LogP contribution in [-0.4, -0.2) is 51.2 Å². The molecular formula is C12H22N2O2. The Kier molecular flexibility index (Phi) is 3.50. The van der Waals surface area contributed by atoms with E-state index in [9.17, 15) is 4.79 Å². The lowest BCUT2D eigenvalue weighted by molar-refractivity contribution is -0.129. The number of amides is 1. The molecule has 2 fully saturated rings. The molecule has 0 spiro atoms. The maximum Gasteiger partial charge on any atom is 0.236 e. The van der Waals surface area contributed by atoms with Gasteiger partial charge in [-0.3, -0.25) is 4.79 Å². The Labute approximate surface area is 97.3 Å². The second-order valence-electron chi connectivity index (χ2n) is 5.19. The lowest BCUT2D eigenvalue weighted by Crippen LogP contribution is -2.38. The summed E-state index contributed by atoms with van der Waals surface area (Å²) in [6.07, 6.45) is 3.77. The number of fused-ring (bicyclic) bond motifs is 1. The zero-order chi connectivity index (χ0) is 11.6. The molecule has 4 nitrogen and oxygen atoms in total. The first-order chi connectivity index (χ1) is 7.72. The van der Waals surface area contributed by atoms with Crippen molar-refractivity contribution < 1.29 is 9.53 Å². The Balaban J connectivity index is 2.01. The molecule has 0 unspecified atom stereocenters. The van der Waals surface area contributed by atoms with E-state index in [-0.39, 0.29) is 11.3 Å². The minimum atomic E-state index is 0.229. The van der Waals surface area contributed by atoms with E-state index in [4.69, 9.17) is 4.74 Å². The molecule has 4 heteroatoms. The fraction of sp³-hybridized carbons (Fsp3) is 0.917. The van der Waals surface area contributed by atoms with Crippen molar-refractivity contribution in [1.29, 1.82) is 0 Å². The third-order valence-electron chi connectivity index (χ3n) is 4.15. The predicted molar refractivity (Wildman–Crippen MR) is 62.2 cm³/mol. The van der Waals surface area contributed by atoms with Gasteiger partial charge < -0.3 is 15.0 Å². The lowest BCUT2D eigenvalue weighted by atomic mass is 9.82. The van der Waals surface area contributed by atoms with Gasteiger partial charge in [-0.15, -0.1) is 0 Å². The van der Waals surface area contributed by atoms with Crippen LogP contribution in [0.1, 0.15) is 19.3 Å². The minimum Gasteiger partial charge on any atom is -0.384 e. The Bertz CT molecular complexity index is 270. The first-order valence-corrected chi connectivity index (χ1v) is 6.13. The third kappa shape index (κ3) is 1.96. The predicted octanol–water partition coefficient (Wildman–Crippen LogP) is 0.481. The summed E-state index contributed by atoms with van der Waals surface area (Å²) in [7, 11) is 3.59. The largest absolute Gasteiger partial charge is 0.384 e. The molecule has 0 aromatic heterocycles. The van der Waals surface area contributed by atoms with Gasteiger partial charge in [0.1, 0.15) is 0 Å². The molecule has 0 aromatic carbocycles. The van der Waals surface area contributed by atoms with E-state index in [1.165, 1.54) is 19.3 Å². The highest BCUT2D eigenvalue weighted by atomic mass is 16.5. The van der Waals surface area contributed by atoms with Crippen molar-refractivity contribution in [2.45, 2.75) is 19.3 Å². The van der Waals surface area contributed by atoms with Crippen LogP contribution in [0.5, 0.6) is 0 Å². The van der Waals surface area contributed by atoms with Gasteiger partial charge in [0.05, 0.1) is 13.2 Å². The number of carbonyl (C=O) groups excluding carboxylic acids is 1. The number of nitrogens with zero attached hydrogens (tertiary/aromatic N) is 1. The maximum absolute atomic E-state index is 11.8. The number of likely N-dealkylation sites (tertiary alicyclic amines) is 1. The van der Waals surface area contributed by atoms with Crippen molar-refractivity contribution in [3.05, 3.63) is 0 Å². The quantitative estimate of drug-likeness (QED) is 0.758. The summed E-state index contributed by atoms with van der Waals surface area (Å²) in [6, 6.07) is 0. The molecule has 1 amide bonds. The van der Waals surface area contributed by atoms with E-state index in [1.807, 2.05) is 11.9 Å². The topological polar surface area (TPSA) is 41.6 Å². The monoisotopic (exact) mass is 226 g/mol. The van der Waals surface area contributed by atoms with Crippen molar-refractivity contribution in [2.75, 3.05) is 40.4 Å². The smallest absolute Gasteiger partial charge is 0.236 e. The second-order valence-corrected chi connectivity index (χ2v) is 5.19. The van der Waals surface area contributed by atoms with Gasteiger partial charge in [-0.1, -0.05) is 6.42 Å². The van der Waals surface area contributed by atoms with Crippen molar-refractivity contribution in [1.82, 2.24) is 10.2 Å². The summed E-state index contributed by atoms with van der Waals surface area (Å²) < 4.78 is 5.36. The van der Waals surface area contributed by atoms with Crippen LogP contribution in [0, 0.1) is 11.3 Å². The molecule has 16 heavy (non-hydrogen) atoms. The summed E-state index contributed by atoms with van der Waals surface area (Å²) >= 11 is 0. The lowest BCUT2D eigenvalue weighted by Gasteiger charge is -2.27. The maximum atomic E-state index is 11.8. The molecule has 0 radical (unpaired) electrons. The highest BCUT2D eigenvalue weighted by Crippen LogP contribution is 2.48. The molecule has 92 valence electrons. The van der Waals surface area contributed by atoms with Gasteiger partial charge in [-0.05, 0) is 25.8 Å². The Morgan fingerprint density at radius 2 is 2.44 bits per heavy atom. The Morgan fingerprint density at radius 1 is 1.62 bits per heavy atom. The summed E-state index contributed by atoms with van der Waals surface area (Å²) in [5.74, 6) is 0.889. The van der Waals surface area contributed by atoms with Crippen LogP contribution in [0.25, 0.3) is 0 Å². The fourth-order valence-electron chi connectivity index (χ4n) is 3.39. The number of hydrogen-bond acceptors (Lipinski definition) is 3. The fourth-order valence-corrected chi connectivity index (χ4v) is 3.39.